The zero-order chi connectivity index (χ0) is 20.6. The molecule has 0 bridgehead atoms. The molecule has 0 radical (unpaired) electrons. The Morgan fingerprint density at radius 3 is 1.90 bits per heavy atom. The summed E-state index contributed by atoms with van der Waals surface area (Å²) in [5.41, 5.74) is 1.24. The van der Waals surface area contributed by atoms with E-state index < -0.39 is 11.5 Å². The van der Waals surface area contributed by atoms with Gasteiger partial charge in [0.2, 0.25) is 0 Å². The summed E-state index contributed by atoms with van der Waals surface area (Å²) in [4.78, 5) is 0. The van der Waals surface area contributed by atoms with Gasteiger partial charge in [0.25, 0.3) is 0 Å². The van der Waals surface area contributed by atoms with Gasteiger partial charge in [-0.15, -0.1) is 0 Å². The minimum Gasteiger partial charge on any atom is -0.504 e. The molecule has 6 rings (SSSR count). The van der Waals surface area contributed by atoms with Crippen molar-refractivity contribution in [3.05, 3.63) is 72.8 Å². The van der Waals surface area contributed by atoms with Crippen LogP contribution in [0.5, 0.6) is 23.0 Å². The highest BCUT2D eigenvalue weighted by molar-refractivity contribution is 6.37. The normalized spacial score (nSPS) is 11.9. The highest BCUT2D eigenvalue weighted by Crippen LogP contribution is 2.55. The Bertz CT molecular complexity index is 1610. The Kier molecular flexibility index (Phi) is 3.17. The molecule has 144 valence electrons. The van der Waals surface area contributed by atoms with E-state index in [1.54, 1.807) is 0 Å². The van der Waals surface area contributed by atoms with Gasteiger partial charge in [-0.05, 0) is 38.6 Å². The minimum atomic E-state index is -0.450. The molecule has 0 spiro atoms. The molecular formula is C26H16O4. The number of fused-ring (bicyclic) bond motifs is 2. The van der Waals surface area contributed by atoms with Gasteiger partial charge in [-0.25, -0.2) is 0 Å². The summed E-state index contributed by atoms with van der Waals surface area (Å²) in [7, 11) is 0. The predicted octanol–water partition coefficient (Wildman–Crippen LogP) is 6.23. The first kappa shape index (κ1) is 16.7. The molecule has 0 unspecified atom stereocenters. The van der Waals surface area contributed by atoms with Gasteiger partial charge in [-0.3, -0.25) is 0 Å². The second-order valence-electron chi connectivity index (χ2n) is 7.56. The van der Waals surface area contributed by atoms with Crippen LogP contribution in [0.15, 0.2) is 72.8 Å². The van der Waals surface area contributed by atoms with Gasteiger partial charge in [-0.2, -0.15) is 0 Å². The van der Waals surface area contributed by atoms with Crippen molar-refractivity contribution in [2.75, 3.05) is 0 Å². The lowest BCUT2D eigenvalue weighted by molar-refractivity contribution is 0.396. The first-order valence-electron chi connectivity index (χ1n) is 9.62. The van der Waals surface area contributed by atoms with Crippen LogP contribution in [-0.4, -0.2) is 20.4 Å². The fraction of sp³-hybridized carbons (Fsp3) is 0. The minimum absolute atomic E-state index is 0.0451. The molecule has 0 aliphatic carbocycles. The fourth-order valence-corrected chi connectivity index (χ4v) is 4.77. The molecule has 4 nitrogen and oxygen atoms in total. The second-order valence-corrected chi connectivity index (χ2v) is 7.56. The number of aromatic hydroxyl groups is 4. The van der Waals surface area contributed by atoms with E-state index in [2.05, 4.69) is 0 Å². The molecule has 0 fully saturated rings. The summed E-state index contributed by atoms with van der Waals surface area (Å²) in [5, 5.41) is 48.9. The van der Waals surface area contributed by atoms with Gasteiger partial charge in [0.1, 0.15) is 0 Å². The van der Waals surface area contributed by atoms with Gasteiger partial charge in [0.15, 0.2) is 23.0 Å². The Labute approximate surface area is 170 Å². The molecule has 0 amide bonds. The number of hydrogen-bond donors (Lipinski definition) is 4. The van der Waals surface area contributed by atoms with Crippen molar-refractivity contribution in [1.82, 2.24) is 0 Å². The predicted molar refractivity (Wildman–Crippen MR) is 120 cm³/mol. The third-order valence-electron chi connectivity index (χ3n) is 6.00. The summed E-state index contributed by atoms with van der Waals surface area (Å²) in [6, 6.07) is 22.8. The van der Waals surface area contributed by atoms with E-state index in [1.807, 2.05) is 66.7 Å². The van der Waals surface area contributed by atoms with Crippen LogP contribution in [0.2, 0.25) is 0 Å². The zero-order valence-electron chi connectivity index (χ0n) is 15.7. The van der Waals surface area contributed by atoms with Crippen LogP contribution >= 0.6 is 0 Å². The molecule has 0 heterocycles. The molecule has 30 heavy (non-hydrogen) atoms. The Morgan fingerprint density at radius 1 is 0.467 bits per heavy atom. The van der Waals surface area contributed by atoms with Crippen LogP contribution < -0.4 is 0 Å². The first-order valence-corrected chi connectivity index (χ1v) is 9.62. The molecule has 4 N–H and O–H groups in total. The molecule has 0 aliphatic rings. The maximum atomic E-state index is 11.1. The van der Waals surface area contributed by atoms with Crippen LogP contribution in [0, 0.1) is 0 Å². The maximum absolute atomic E-state index is 11.1. The molecular weight excluding hydrogens is 376 g/mol. The summed E-state index contributed by atoms with van der Waals surface area (Å²) in [5.74, 6) is -1.57. The fourth-order valence-electron chi connectivity index (χ4n) is 4.77. The van der Waals surface area contributed by atoms with Crippen LogP contribution in [0.25, 0.3) is 54.2 Å². The molecule has 4 heteroatoms. The summed E-state index contributed by atoms with van der Waals surface area (Å²) < 4.78 is 0. The smallest absolute Gasteiger partial charge is 0.170 e. The maximum Gasteiger partial charge on any atom is 0.170 e. The van der Waals surface area contributed by atoms with Gasteiger partial charge in [0.05, 0.1) is 5.39 Å². The van der Waals surface area contributed by atoms with E-state index in [9.17, 15) is 20.4 Å². The summed E-state index contributed by atoms with van der Waals surface area (Å²) in [6.45, 7) is 0. The summed E-state index contributed by atoms with van der Waals surface area (Å²) in [6.07, 6.45) is 0. The Morgan fingerprint density at radius 2 is 1.17 bits per heavy atom. The molecule has 0 saturated heterocycles. The third kappa shape index (κ3) is 1.95. The summed E-state index contributed by atoms with van der Waals surface area (Å²) >= 11 is 0. The molecule has 0 aliphatic heterocycles. The lowest BCUT2D eigenvalue weighted by Gasteiger charge is -2.20. The van der Waals surface area contributed by atoms with Crippen molar-refractivity contribution in [3.8, 4) is 34.1 Å². The topological polar surface area (TPSA) is 80.9 Å². The van der Waals surface area contributed by atoms with Gasteiger partial charge >= 0.3 is 0 Å². The highest BCUT2D eigenvalue weighted by atomic mass is 16.3. The van der Waals surface area contributed by atoms with Crippen LogP contribution in [-0.2, 0) is 0 Å². The van der Waals surface area contributed by atoms with E-state index in [0.29, 0.717) is 16.3 Å². The molecule has 6 aromatic carbocycles. The van der Waals surface area contributed by atoms with Gasteiger partial charge in [0, 0.05) is 16.3 Å². The third-order valence-corrected chi connectivity index (χ3v) is 6.00. The van der Waals surface area contributed by atoms with Crippen molar-refractivity contribution < 1.29 is 20.4 Å². The van der Waals surface area contributed by atoms with Crippen LogP contribution in [0.4, 0.5) is 0 Å². The van der Waals surface area contributed by atoms with E-state index in [0.717, 1.165) is 32.5 Å². The largest absolute Gasteiger partial charge is 0.504 e. The highest BCUT2D eigenvalue weighted by Gasteiger charge is 2.26. The van der Waals surface area contributed by atoms with Crippen LogP contribution in [0.1, 0.15) is 0 Å². The van der Waals surface area contributed by atoms with Gasteiger partial charge < -0.3 is 20.4 Å². The van der Waals surface area contributed by atoms with E-state index in [1.165, 1.54) is 6.07 Å². The van der Waals surface area contributed by atoms with E-state index >= 15 is 0 Å². The molecule has 6 aromatic rings. The molecule has 0 saturated carbocycles. The van der Waals surface area contributed by atoms with Gasteiger partial charge in [-0.1, -0.05) is 66.7 Å². The standard InChI is InChI=1S/C26H16O4/c27-18-12-17-15-10-4-8-13-9-5-11-16(19(13)15)21-20(14-6-2-1-3-7-14)25(29)26(30)23(22(17)21)24(18)28/h1-12,27-30H. The van der Waals surface area contributed by atoms with Crippen molar-refractivity contribution in [1.29, 1.82) is 0 Å². The molecule has 0 atom stereocenters. The number of phenols is 4. The average Bonchev–Trinajstić information content (AvgIpc) is 2.77. The van der Waals surface area contributed by atoms with Crippen molar-refractivity contribution in [2.24, 2.45) is 0 Å². The lowest BCUT2D eigenvalue weighted by Crippen LogP contribution is -1.92. The van der Waals surface area contributed by atoms with Crippen LogP contribution in [0.3, 0.4) is 0 Å². The number of hydrogen-bond acceptors (Lipinski definition) is 4. The molecule has 0 aromatic heterocycles. The Balaban J connectivity index is 2.06. The second kappa shape index (κ2) is 5.67. The Hall–Kier alpha value is -4.18. The van der Waals surface area contributed by atoms with Crippen molar-refractivity contribution >= 4 is 43.1 Å². The van der Waals surface area contributed by atoms with E-state index in [4.69, 9.17) is 0 Å². The monoisotopic (exact) mass is 392 g/mol. The first-order chi connectivity index (χ1) is 14.6. The number of rotatable bonds is 1. The van der Waals surface area contributed by atoms with Crippen molar-refractivity contribution in [3.63, 3.8) is 0 Å². The quantitative estimate of drug-likeness (QED) is 0.152. The SMILES string of the molecule is Oc1cc2c3cccc4cccc(c5c(-c6ccccc6)c(O)c(O)c(c1O)c25)c43. The van der Waals surface area contributed by atoms with Crippen molar-refractivity contribution in [2.45, 2.75) is 0 Å². The average molecular weight is 392 g/mol. The lowest BCUT2D eigenvalue weighted by atomic mass is 9.84. The zero-order valence-corrected chi connectivity index (χ0v) is 15.7. The van der Waals surface area contributed by atoms with E-state index in [-0.39, 0.29) is 16.9 Å². The number of benzene rings is 6. The number of phenolic OH excluding ortho intramolecular Hbond substituents is 4.